The Morgan fingerprint density at radius 1 is 1.10 bits per heavy atom. The van der Waals surface area contributed by atoms with Crippen molar-refractivity contribution in [1.82, 2.24) is 5.32 Å². The Bertz CT molecular complexity index is 637. The number of rotatable bonds is 3. The van der Waals surface area contributed by atoms with Crippen LogP contribution in [0, 0.1) is 0 Å². The molecule has 0 fully saturated rings. The van der Waals surface area contributed by atoms with Crippen LogP contribution < -0.4 is 5.32 Å². The van der Waals surface area contributed by atoms with E-state index in [4.69, 9.17) is 4.74 Å². The number of esters is 1. The summed E-state index contributed by atoms with van der Waals surface area (Å²) in [5.74, 6) is -0.275. The lowest BCUT2D eigenvalue weighted by atomic mass is 10.1. The second-order valence-electron chi connectivity index (χ2n) is 4.79. The van der Waals surface area contributed by atoms with E-state index in [0.717, 1.165) is 23.1 Å². The molecule has 0 amide bonds. The first-order valence-corrected chi connectivity index (χ1v) is 7.26. The van der Waals surface area contributed by atoms with Gasteiger partial charge in [-0.25, -0.2) is 4.79 Å². The Hall–Kier alpha value is -1.65. The molecule has 0 radical (unpaired) electrons. The van der Waals surface area contributed by atoms with Crippen LogP contribution >= 0.6 is 15.9 Å². The number of benzene rings is 2. The number of halogens is 1. The fraction of sp³-hybridized carbons (Fsp3) is 0.188. The Morgan fingerprint density at radius 2 is 1.85 bits per heavy atom. The number of hydrogen-bond donors (Lipinski definition) is 1. The normalized spacial score (nSPS) is 13.1. The SMILES string of the molecule is O=C(OCc1ccc(Br)cc1)c1ccc2c(c1)CNC2. The smallest absolute Gasteiger partial charge is 0.338 e. The summed E-state index contributed by atoms with van der Waals surface area (Å²) in [6, 6.07) is 13.5. The van der Waals surface area contributed by atoms with Crippen LogP contribution in [0.1, 0.15) is 27.0 Å². The van der Waals surface area contributed by atoms with Crippen LogP contribution in [0.4, 0.5) is 0 Å². The summed E-state index contributed by atoms with van der Waals surface area (Å²) in [4.78, 5) is 12.0. The van der Waals surface area contributed by atoms with Crippen molar-refractivity contribution in [2.24, 2.45) is 0 Å². The van der Waals surface area contributed by atoms with Gasteiger partial charge in [-0.1, -0.05) is 34.1 Å². The standard InChI is InChI=1S/C16H14BrNO2/c17-15-5-1-11(2-6-15)10-20-16(19)12-3-4-13-8-18-9-14(13)7-12/h1-7,18H,8-10H2. The molecule has 20 heavy (non-hydrogen) atoms. The molecular weight excluding hydrogens is 318 g/mol. The third-order valence-electron chi connectivity index (χ3n) is 3.36. The molecule has 1 aliphatic rings. The van der Waals surface area contributed by atoms with Gasteiger partial charge in [-0.3, -0.25) is 0 Å². The van der Waals surface area contributed by atoms with Gasteiger partial charge in [0.2, 0.25) is 0 Å². The van der Waals surface area contributed by atoms with Crippen LogP contribution in [-0.2, 0) is 24.4 Å². The van der Waals surface area contributed by atoms with Gasteiger partial charge in [0.25, 0.3) is 0 Å². The summed E-state index contributed by atoms with van der Waals surface area (Å²) in [7, 11) is 0. The van der Waals surface area contributed by atoms with Crippen molar-refractivity contribution in [3.05, 3.63) is 69.2 Å². The lowest BCUT2D eigenvalue weighted by Crippen LogP contribution is -2.06. The van der Waals surface area contributed by atoms with Gasteiger partial charge in [-0.2, -0.15) is 0 Å². The molecule has 1 heterocycles. The highest BCUT2D eigenvalue weighted by molar-refractivity contribution is 9.10. The quantitative estimate of drug-likeness (QED) is 0.876. The highest BCUT2D eigenvalue weighted by atomic mass is 79.9. The predicted octanol–water partition coefficient (Wildman–Crippen LogP) is 3.41. The van der Waals surface area contributed by atoms with E-state index >= 15 is 0 Å². The zero-order chi connectivity index (χ0) is 13.9. The molecule has 1 N–H and O–H groups in total. The zero-order valence-corrected chi connectivity index (χ0v) is 12.4. The summed E-state index contributed by atoms with van der Waals surface area (Å²) < 4.78 is 6.35. The van der Waals surface area contributed by atoms with Crippen molar-refractivity contribution < 1.29 is 9.53 Å². The summed E-state index contributed by atoms with van der Waals surface area (Å²) in [5, 5.41) is 3.26. The molecule has 0 aromatic heterocycles. The van der Waals surface area contributed by atoms with Crippen molar-refractivity contribution in [2.75, 3.05) is 0 Å². The number of carbonyl (C=O) groups excluding carboxylic acids is 1. The van der Waals surface area contributed by atoms with Crippen LogP contribution in [0.5, 0.6) is 0 Å². The van der Waals surface area contributed by atoms with E-state index in [1.165, 1.54) is 11.1 Å². The average molecular weight is 332 g/mol. The van der Waals surface area contributed by atoms with Gasteiger partial charge in [-0.15, -0.1) is 0 Å². The van der Waals surface area contributed by atoms with E-state index in [1.807, 2.05) is 42.5 Å². The molecule has 0 bridgehead atoms. The average Bonchev–Trinajstić information content (AvgIpc) is 2.93. The van der Waals surface area contributed by atoms with Crippen LogP contribution in [0.25, 0.3) is 0 Å². The highest BCUT2D eigenvalue weighted by Gasteiger charge is 2.14. The van der Waals surface area contributed by atoms with Gasteiger partial charge in [0.05, 0.1) is 5.56 Å². The molecule has 0 aliphatic carbocycles. The fourth-order valence-electron chi connectivity index (χ4n) is 2.23. The maximum atomic E-state index is 12.0. The van der Waals surface area contributed by atoms with E-state index in [2.05, 4.69) is 21.2 Å². The Labute approximate surface area is 126 Å². The van der Waals surface area contributed by atoms with Crippen molar-refractivity contribution in [3.63, 3.8) is 0 Å². The molecule has 0 spiro atoms. The molecule has 0 unspecified atom stereocenters. The molecule has 2 aromatic rings. The molecular formula is C16H14BrNO2. The first-order valence-electron chi connectivity index (χ1n) is 6.46. The molecule has 3 rings (SSSR count). The monoisotopic (exact) mass is 331 g/mol. The summed E-state index contributed by atoms with van der Waals surface area (Å²) >= 11 is 3.38. The minimum atomic E-state index is -0.275. The van der Waals surface area contributed by atoms with Crippen molar-refractivity contribution in [1.29, 1.82) is 0 Å². The fourth-order valence-corrected chi connectivity index (χ4v) is 2.50. The molecule has 0 saturated carbocycles. The Balaban J connectivity index is 1.66. The zero-order valence-electron chi connectivity index (χ0n) is 10.9. The molecule has 1 aliphatic heterocycles. The molecule has 102 valence electrons. The maximum absolute atomic E-state index is 12.0. The van der Waals surface area contributed by atoms with Crippen molar-refractivity contribution >= 4 is 21.9 Å². The number of fused-ring (bicyclic) bond motifs is 1. The van der Waals surface area contributed by atoms with E-state index in [-0.39, 0.29) is 5.97 Å². The largest absolute Gasteiger partial charge is 0.457 e. The van der Waals surface area contributed by atoms with Crippen LogP contribution in [0.15, 0.2) is 46.9 Å². The highest BCUT2D eigenvalue weighted by Crippen LogP contribution is 2.18. The molecule has 0 atom stereocenters. The minimum Gasteiger partial charge on any atom is -0.457 e. The van der Waals surface area contributed by atoms with Gasteiger partial charge >= 0.3 is 5.97 Å². The summed E-state index contributed by atoms with van der Waals surface area (Å²) in [6.07, 6.45) is 0. The molecule has 4 heteroatoms. The number of hydrogen-bond acceptors (Lipinski definition) is 3. The van der Waals surface area contributed by atoms with Crippen LogP contribution in [0.3, 0.4) is 0 Å². The third-order valence-corrected chi connectivity index (χ3v) is 3.88. The first kappa shape index (κ1) is 13.3. The van der Waals surface area contributed by atoms with Gasteiger partial charge < -0.3 is 10.1 Å². The molecule has 3 nitrogen and oxygen atoms in total. The first-order chi connectivity index (χ1) is 9.72. The van der Waals surface area contributed by atoms with Gasteiger partial charge in [-0.05, 0) is 41.0 Å². The number of carbonyl (C=O) groups is 1. The van der Waals surface area contributed by atoms with E-state index in [9.17, 15) is 4.79 Å². The maximum Gasteiger partial charge on any atom is 0.338 e. The van der Waals surface area contributed by atoms with Gasteiger partial charge in [0, 0.05) is 17.6 Å². The minimum absolute atomic E-state index is 0.275. The Morgan fingerprint density at radius 3 is 2.65 bits per heavy atom. The van der Waals surface area contributed by atoms with Crippen LogP contribution in [0.2, 0.25) is 0 Å². The summed E-state index contributed by atoms with van der Waals surface area (Å²) in [5.41, 5.74) is 4.03. The van der Waals surface area contributed by atoms with Crippen molar-refractivity contribution in [3.8, 4) is 0 Å². The molecule has 0 saturated heterocycles. The molecule has 2 aromatic carbocycles. The number of nitrogens with one attached hydrogen (secondary N) is 1. The van der Waals surface area contributed by atoms with Crippen LogP contribution in [-0.4, -0.2) is 5.97 Å². The number of ether oxygens (including phenoxy) is 1. The topological polar surface area (TPSA) is 38.3 Å². The second-order valence-corrected chi connectivity index (χ2v) is 5.71. The van der Waals surface area contributed by atoms with Gasteiger partial charge in [0.1, 0.15) is 6.61 Å². The predicted molar refractivity (Wildman–Crippen MR) is 80.2 cm³/mol. The van der Waals surface area contributed by atoms with Gasteiger partial charge in [0.15, 0.2) is 0 Å². The van der Waals surface area contributed by atoms with Crippen molar-refractivity contribution in [2.45, 2.75) is 19.7 Å². The van der Waals surface area contributed by atoms with E-state index in [1.54, 1.807) is 0 Å². The summed E-state index contributed by atoms with van der Waals surface area (Å²) in [6.45, 7) is 1.99. The second kappa shape index (κ2) is 5.77. The third kappa shape index (κ3) is 2.92. The lowest BCUT2D eigenvalue weighted by molar-refractivity contribution is 0.0472. The lowest BCUT2D eigenvalue weighted by Gasteiger charge is -2.06. The van der Waals surface area contributed by atoms with E-state index in [0.29, 0.717) is 12.2 Å². The Kier molecular flexibility index (Phi) is 3.85. The van der Waals surface area contributed by atoms with E-state index < -0.39 is 0 Å².